The first-order valence-corrected chi connectivity index (χ1v) is 4.86. The van der Waals surface area contributed by atoms with Crippen LogP contribution in [0.1, 0.15) is 13.8 Å². The molecule has 1 rings (SSSR count). The number of rotatable bonds is 4. The molecule has 0 aliphatic carbocycles. The quantitative estimate of drug-likeness (QED) is 0.448. The average Bonchev–Trinajstić information content (AvgIpc) is 2.46. The number of Topliss-reactive ketones (excluding diaryl/α,β-unsaturated/α-hetero) is 1. The summed E-state index contributed by atoms with van der Waals surface area (Å²) < 4.78 is 0. The summed E-state index contributed by atoms with van der Waals surface area (Å²) in [5.41, 5.74) is -0.542. The minimum atomic E-state index is -0.759. The number of carbonyl (C=O) groups is 3. The molecule has 17 heavy (non-hydrogen) atoms. The highest BCUT2D eigenvalue weighted by Gasteiger charge is 2.36. The standard InChI is InChI=1S/C11H12N2O4/c1-4-5-13-10(16)9(12-11(13)17)8(6(2)14)7(3)15/h4,14H,1,5H2,2-3H3. The number of aliphatic imine (C=N–C) groups is 1. The molecule has 0 bridgehead atoms. The summed E-state index contributed by atoms with van der Waals surface area (Å²) in [7, 11) is 0. The Kier molecular flexibility index (Phi) is 3.57. The van der Waals surface area contributed by atoms with E-state index in [4.69, 9.17) is 0 Å². The van der Waals surface area contributed by atoms with Crippen LogP contribution in [0.25, 0.3) is 0 Å². The van der Waals surface area contributed by atoms with Crippen LogP contribution in [-0.2, 0) is 9.59 Å². The maximum Gasteiger partial charge on any atom is 0.351 e. The van der Waals surface area contributed by atoms with Crippen molar-refractivity contribution in [2.45, 2.75) is 13.8 Å². The van der Waals surface area contributed by atoms with E-state index in [2.05, 4.69) is 11.6 Å². The molecule has 1 aliphatic heterocycles. The van der Waals surface area contributed by atoms with Gasteiger partial charge in [-0.25, -0.2) is 4.79 Å². The number of allylic oxidation sites excluding steroid dienone is 1. The molecular weight excluding hydrogens is 224 g/mol. The number of nitrogens with zero attached hydrogens (tertiary/aromatic N) is 2. The minimum Gasteiger partial charge on any atom is -0.512 e. The molecule has 6 nitrogen and oxygen atoms in total. The molecule has 0 aromatic carbocycles. The zero-order valence-corrected chi connectivity index (χ0v) is 9.56. The molecule has 0 saturated heterocycles. The first kappa shape index (κ1) is 12.8. The lowest BCUT2D eigenvalue weighted by Gasteiger charge is -2.10. The smallest absolute Gasteiger partial charge is 0.351 e. The fourth-order valence-electron chi connectivity index (χ4n) is 1.46. The molecule has 6 heteroatoms. The summed E-state index contributed by atoms with van der Waals surface area (Å²) >= 11 is 0. The van der Waals surface area contributed by atoms with Crippen LogP contribution in [0.4, 0.5) is 4.79 Å². The van der Waals surface area contributed by atoms with Gasteiger partial charge in [0.15, 0.2) is 5.78 Å². The summed E-state index contributed by atoms with van der Waals surface area (Å²) in [6, 6.07) is -0.759. The second kappa shape index (κ2) is 4.73. The Hall–Kier alpha value is -2.24. The molecule has 90 valence electrons. The van der Waals surface area contributed by atoms with Crippen molar-refractivity contribution < 1.29 is 19.5 Å². The maximum atomic E-state index is 11.8. The van der Waals surface area contributed by atoms with Gasteiger partial charge in [0.25, 0.3) is 5.91 Å². The van der Waals surface area contributed by atoms with Crippen molar-refractivity contribution in [3.05, 3.63) is 24.0 Å². The molecule has 0 spiro atoms. The third-order valence-corrected chi connectivity index (χ3v) is 2.15. The van der Waals surface area contributed by atoms with Crippen molar-refractivity contribution in [1.82, 2.24) is 4.90 Å². The maximum absolute atomic E-state index is 11.8. The van der Waals surface area contributed by atoms with Gasteiger partial charge in [0.1, 0.15) is 11.5 Å². The molecule has 1 aliphatic rings. The molecule has 1 N–H and O–H groups in total. The molecule has 0 saturated carbocycles. The van der Waals surface area contributed by atoms with E-state index in [0.717, 1.165) is 4.90 Å². The number of carbonyl (C=O) groups excluding carboxylic acids is 3. The molecule has 0 radical (unpaired) electrons. The topological polar surface area (TPSA) is 87.0 Å². The number of urea groups is 1. The molecular formula is C11H12N2O4. The predicted octanol–water partition coefficient (Wildman–Crippen LogP) is 0.997. The van der Waals surface area contributed by atoms with Gasteiger partial charge >= 0.3 is 6.03 Å². The fraction of sp³-hybridized carbons (Fsp3) is 0.273. The van der Waals surface area contributed by atoms with Crippen LogP contribution in [-0.4, -0.2) is 40.0 Å². The number of amides is 3. The summed E-state index contributed by atoms with van der Waals surface area (Å²) in [4.78, 5) is 38.8. The summed E-state index contributed by atoms with van der Waals surface area (Å²) in [6.07, 6.45) is 1.37. The number of aliphatic hydroxyl groups excluding tert-OH is 1. The van der Waals surface area contributed by atoms with Gasteiger partial charge in [0, 0.05) is 6.54 Å². The minimum absolute atomic E-state index is 0.0142. The Bertz CT molecular complexity index is 470. The Morgan fingerprint density at radius 2 is 2.06 bits per heavy atom. The summed E-state index contributed by atoms with van der Waals surface area (Å²) in [6.45, 7) is 5.87. The predicted molar refractivity (Wildman–Crippen MR) is 60.8 cm³/mol. The van der Waals surface area contributed by atoms with E-state index < -0.39 is 17.7 Å². The number of imide groups is 1. The largest absolute Gasteiger partial charge is 0.512 e. The van der Waals surface area contributed by atoms with Crippen molar-refractivity contribution in [2.75, 3.05) is 6.54 Å². The Labute approximate surface area is 97.9 Å². The lowest BCUT2D eigenvalue weighted by atomic mass is 10.1. The molecule has 0 unspecified atom stereocenters. The van der Waals surface area contributed by atoms with Gasteiger partial charge in [-0.1, -0.05) is 6.08 Å². The zero-order valence-electron chi connectivity index (χ0n) is 9.56. The van der Waals surface area contributed by atoms with Gasteiger partial charge in [0.2, 0.25) is 0 Å². The third-order valence-electron chi connectivity index (χ3n) is 2.15. The highest BCUT2D eigenvalue weighted by atomic mass is 16.3. The normalized spacial score (nSPS) is 16.8. The van der Waals surface area contributed by atoms with E-state index in [1.807, 2.05) is 0 Å². The SMILES string of the molecule is C=CCN1C(=O)N=C(C(C(C)=O)=C(C)O)C1=O. The number of hydrogen-bond donors (Lipinski definition) is 1. The lowest BCUT2D eigenvalue weighted by molar-refractivity contribution is -0.120. The van der Waals surface area contributed by atoms with E-state index in [0.29, 0.717) is 0 Å². The van der Waals surface area contributed by atoms with Gasteiger partial charge in [-0.05, 0) is 13.8 Å². The van der Waals surface area contributed by atoms with Crippen LogP contribution in [0.5, 0.6) is 0 Å². The Morgan fingerprint density at radius 1 is 1.47 bits per heavy atom. The van der Waals surface area contributed by atoms with E-state index in [-0.39, 0.29) is 23.6 Å². The van der Waals surface area contributed by atoms with E-state index in [9.17, 15) is 19.5 Å². The molecule has 0 aromatic rings. The zero-order chi connectivity index (χ0) is 13.2. The summed E-state index contributed by atoms with van der Waals surface area (Å²) in [5.74, 6) is -1.56. The highest BCUT2D eigenvalue weighted by Crippen LogP contribution is 2.15. The van der Waals surface area contributed by atoms with Crippen molar-refractivity contribution in [2.24, 2.45) is 4.99 Å². The van der Waals surface area contributed by atoms with Gasteiger partial charge in [0.05, 0.1) is 5.57 Å². The number of hydrogen-bond acceptors (Lipinski definition) is 4. The van der Waals surface area contributed by atoms with Crippen molar-refractivity contribution in [3.8, 4) is 0 Å². The van der Waals surface area contributed by atoms with Crippen LogP contribution in [0.2, 0.25) is 0 Å². The fourth-order valence-corrected chi connectivity index (χ4v) is 1.46. The van der Waals surface area contributed by atoms with Crippen molar-refractivity contribution >= 4 is 23.4 Å². The van der Waals surface area contributed by atoms with Crippen LogP contribution in [0.15, 0.2) is 29.0 Å². The van der Waals surface area contributed by atoms with Crippen LogP contribution >= 0.6 is 0 Å². The van der Waals surface area contributed by atoms with Crippen molar-refractivity contribution in [3.63, 3.8) is 0 Å². The summed E-state index contributed by atoms with van der Waals surface area (Å²) in [5, 5.41) is 9.34. The van der Waals surface area contributed by atoms with Gasteiger partial charge in [-0.3, -0.25) is 14.5 Å². The van der Waals surface area contributed by atoms with Gasteiger partial charge in [-0.15, -0.1) is 6.58 Å². The molecule has 0 fully saturated rings. The Balaban J connectivity index is 3.18. The van der Waals surface area contributed by atoms with E-state index >= 15 is 0 Å². The first-order chi connectivity index (χ1) is 7.90. The molecule has 0 aromatic heterocycles. The van der Waals surface area contributed by atoms with Crippen LogP contribution < -0.4 is 0 Å². The number of aliphatic hydroxyl groups is 1. The van der Waals surface area contributed by atoms with Gasteiger partial charge < -0.3 is 5.11 Å². The second-order valence-corrected chi connectivity index (χ2v) is 3.46. The molecule has 1 heterocycles. The second-order valence-electron chi connectivity index (χ2n) is 3.46. The lowest BCUT2D eigenvalue weighted by Crippen LogP contribution is -2.34. The van der Waals surface area contributed by atoms with Crippen molar-refractivity contribution in [1.29, 1.82) is 0 Å². The average molecular weight is 236 g/mol. The monoisotopic (exact) mass is 236 g/mol. The van der Waals surface area contributed by atoms with E-state index in [1.54, 1.807) is 0 Å². The van der Waals surface area contributed by atoms with Crippen LogP contribution in [0, 0.1) is 0 Å². The third kappa shape index (κ3) is 2.30. The Morgan fingerprint density at radius 3 is 2.47 bits per heavy atom. The van der Waals surface area contributed by atoms with Crippen LogP contribution in [0.3, 0.4) is 0 Å². The van der Waals surface area contributed by atoms with Gasteiger partial charge in [-0.2, -0.15) is 4.99 Å². The molecule has 3 amide bonds. The number of ketones is 1. The highest BCUT2D eigenvalue weighted by molar-refractivity contribution is 6.56. The first-order valence-electron chi connectivity index (χ1n) is 4.86. The van der Waals surface area contributed by atoms with E-state index in [1.165, 1.54) is 19.9 Å². The molecule has 0 atom stereocenters.